The molecule has 9 heteroatoms. The van der Waals surface area contributed by atoms with Crippen molar-refractivity contribution in [1.29, 1.82) is 0 Å². The molecular formula is C11H10N2O6S. The van der Waals surface area contributed by atoms with Crippen molar-refractivity contribution >= 4 is 39.6 Å². The lowest BCUT2D eigenvalue weighted by molar-refractivity contribution is 0.160. The van der Waals surface area contributed by atoms with Crippen LogP contribution in [0.5, 0.6) is 11.5 Å². The summed E-state index contributed by atoms with van der Waals surface area (Å²) in [5.74, 6) is -0.877. The lowest BCUT2D eigenvalue weighted by Crippen LogP contribution is -2.36. The number of phenols is 2. The minimum atomic E-state index is -0.995. The molecule has 1 aromatic heterocycles. The number of ether oxygens (including phenoxy) is 2. The highest BCUT2D eigenvalue weighted by Crippen LogP contribution is 2.42. The van der Waals surface area contributed by atoms with Crippen LogP contribution in [0.15, 0.2) is 12.1 Å². The third-order valence-corrected chi connectivity index (χ3v) is 3.34. The standard InChI is InChI=1S/C11H10N2O6S/c1-18-10(16)13(11(17)19-2)9-7-5(12-20-9)3-4-6(14)8(7)15/h3-4,14-15H,1-2H3. The molecule has 0 fully saturated rings. The van der Waals surface area contributed by atoms with E-state index >= 15 is 0 Å². The zero-order valence-electron chi connectivity index (χ0n) is 10.5. The Morgan fingerprint density at radius 3 is 2.35 bits per heavy atom. The number of aromatic hydroxyl groups is 2. The number of carbonyl (C=O) groups excluding carboxylic acids is 2. The summed E-state index contributed by atoms with van der Waals surface area (Å²) in [6, 6.07) is 2.69. The van der Waals surface area contributed by atoms with Gasteiger partial charge >= 0.3 is 12.2 Å². The number of benzene rings is 1. The maximum Gasteiger partial charge on any atom is 0.424 e. The predicted octanol–water partition coefficient (Wildman–Crippen LogP) is 2.05. The van der Waals surface area contributed by atoms with Crippen molar-refractivity contribution < 1.29 is 29.3 Å². The topological polar surface area (TPSA) is 109 Å². The molecular weight excluding hydrogens is 288 g/mol. The summed E-state index contributed by atoms with van der Waals surface area (Å²) in [5, 5.41) is 19.4. The van der Waals surface area contributed by atoms with Gasteiger partial charge in [-0.2, -0.15) is 9.27 Å². The van der Waals surface area contributed by atoms with Crippen molar-refractivity contribution in [2.45, 2.75) is 0 Å². The Hall–Kier alpha value is -2.55. The fourth-order valence-electron chi connectivity index (χ4n) is 1.57. The Kier molecular flexibility index (Phi) is 3.61. The van der Waals surface area contributed by atoms with Crippen molar-refractivity contribution in [1.82, 2.24) is 4.37 Å². The van der Waals surface area contributed by atoms with E-state index in [1.54, 1.807) is 0 Å². The van der Waals surface area contributed by atoms with Crippen LogP contribution in [0.25, 0.3) is 10.9 Å². The van der Waals surface area contributed by atoms with Gasteiger partial charge in [0.05, 0.1) is 25.1 Å². The summed E-state index contributed by atoms with van der Waals surface area (Å²) in [6.07, 6.45) is -1.99. The summed E-state index contributed by atoms with van der Waals surface area (Å²) in [4.78, 5) is 24.0. The number of rotatable bonds is 1. The third kappa shape index (κ3) is 2.07. The second-order valence-corrected chi connectivity index (χ2v) is 4.34. The van der Waals surface area contributed by atoms with E-state index in [0.29, 0.717) is 10.4 Å². The average Bonchev–Trinajstić information content (AvgIpc) is 2.87. The van der Waals surface area contributed by atoms with Crippen molar-refractivity contribution in [2.24, 2.45) is 0 Å². The Balaban J connectivity index is 2.68. The number of nitrogens with zero attached hydrogens (tertiary/aromatic N) is 2. The van der Waals surface area contributed by atoms with Gasteiger partial charge in [0.25, 0.3) is 0 Å². The van der Waals surface area contributed by atoms with Crippen molar-refractivity contribution in [3.63, 3.8) is 0 Å². The van der Waals surface area contributed by atoms with Gasteiger partial charge in [0.1, 0.15) is 5.00 Å². The van der Waals surface area contributed by atoms with Gasteiger partial charge in [0.15, 0.2) is 11.5 Å². The minimum absolute atomic E-state index is 0.00731. The summed E-state index contributed by atoms with van der Waals surface area (Å²) in [6.45, 7) is 0. The van der Waals surface area contributed by atoms with E-state index in [4.69, 9.17) is 0 Å². The molecule has 2 amide bonds. The zero-order valence-corrected chi connectivity index (χ0v) is 11.3. The van der Waals surface area contributed by atoms with Crippen molar-refractivity contribution in [3.05, 3.63) is 12.1 Å². The molecule has 0 aliphatic carbocycles. The van der Waals surface area contributed by atoms with Crippen LogP contribution in [0.3, 0.4) is 0 Å². The molecule has 0 atom stereocenters. The number of amides is 2. The number of phenolic OH excluding ortho intramolecular Hbond substituents is 2. The van der Waals surface area contributed by atoms with E-state index in [0.717, 1.165) is 25.8 Å². The normalized spacial score (nSPS) is 10.3. The van der Waals surface area contributed by atoms with E-state index in [-0.39, 0.29) is 10.4 Å². The van der Waals surface area contributed by atoms with Gasteiger partial charge in [0, 0.05) is 0 Å². The second kappa shape index (κ2) is 5.21. The third-order valence-electron chi connectivity index (χ3n) is 2.50. The van der Waals surface area contributed by atoms with Gasteiger partial charge in [-0.05, 0) is 23.7 Å². The summed E-state index contributed by atoms with van der Waals surface area (Å²) >= 11 is 0.784. The monoisotopic (exact) mass is 298 g/mol. The van der Waals surface area contributed by atoms with Gasteiger partial charge in [-0.1, -0.05) is 0 Å². The molecule has 1 aromatic carbocycles. The number of methoxy groups -OCH3 is 2. The van der Waals surface area contributed by atoms with E-state index in [2.05, 4.69) is 13.8 Å². The van der Waals surface area contributed by atoms with Crippen molar-refractivity contribution in [3.8, 4) is 11.5 Å². The average molecular weight is 298 g/mol. The molecule has 0 radical (unpaired) electrons. The predicted molar refractivity (Wildman–Crippen MR) is 70.2 cm³/mol. The lowest BCUT2D eigenvalue weighted by Gasteiger charge is -2.16. The summed E-state index contributed by atoms with van der Waals surface area (Å²) in [7, 11) is 2.19. The van der Waals surface area contributed by atoms with Crippen LogP contribution in [0.1, 0.15) is 0 Å². The van der Waals surface area contributed by atoms with Crippen LogP contribution in [0.4, 0.5) is 14.6 Å². The van der Waals surface area contributed by atoms with Crippen LogP contribution >= 0.6 is 11.5 Å². The summed E-state index contributed by atoms with van der Waals surface area (Å²) < 4.78 is 13.0. The molecule has 2 N–H and O–H groups in total. The Morgan fingerprint density at radius 1 is 1.20 bits per heavy atom. The molecule has 106 valence electrons. The lowest BCUT2D eigenvalue weighted by atomic mass is 10.2. The number of fused-ring (bicyclic) bond motifs is 1. The molecule has 0 bridgehead atoms. The molecule has 0 aliphatic rings. The Bertz CT molecular complexity index is 667. The van der Waals surface area contributed by atoms with Gasteiger partial charge in [0.2, 0.25) is 0 Å². The first-order chi connectivity index (χ1) is 9.51. The van der Waals surface area contributed by atoms with Gasteiger partial charge in [-0.25, -0.2) is 9.59 Å². The molecule has 0 spiro atoms. The molecule has 0 unspecified atom stereocenters. The smallest absolute Gasteiger partial charge is 0.424 e. The van der Waals surface area contributed by atoms with Gasteiger partial charge in [-0.3, -0.25) is 0 Å². The number of hydrogen-bond acceptors (Lipinski definition) is 8. The maximum atomic E-state index is 11.7. The van der Waals surface area contributed by atoms with Crippen LogP contribution in [0.2, 0.25) is 0 Å². The Morgan fingerprint density at radius 2 is 1.80 bits per heavy atom. The van der Waals surface area contributed by atoms with Crippen LogP contribution < -0.4 is 4.90 Å². The van der Waals surface area contributed by atoms with Crippen LogP contribution in [0, 0.1) is 0 Å². The molecule has 2 rings (SSSR count). The number of imide groups is 1. The number of carbonyl (C=O) groups is 2. The quantitative estimate of drug-likeness (QED) is 0.775. The fraction of sp³-hybridized carbons (Fsp3) is 0.182. The van der Waals surface area contributed by atoms with Crippen molar-refractivity contribution in [2.75, 3.05) is 19.1 Å². The first kappa shape index (κ1) is 13.9. The Labute approximate surface area is 116 Å². The van der Waals surface area contributed by atoms with E-state index < -0.39 is 23.7 Å². The minimum Gasteiger partial charge on any atom is -0.504 e. The van der Waals surface area contributed by atoms with E-state index in [1.807, 2.05) is 0 Å². The highest BCUT2D eigenvalue weighted by Gasteiger charge is 2.30. The number of hydrogen-bond donors (Lipinski definition) is 2. The first-order valence-corrected chi connectivity index (χ1v) is 6.05. The molecule has 0 saturated carbocycles. The fourth-order valence-corrected chi connectivity index (χ4v) is 2.43. The summed E-state index contributed by atoms with van der Waals surface area (Å²) in [5.41, 5.74) is 0.318. The van der Waals surface area contributed by atoms with Gasteiger partial charge in [-0.15, -0.1) is 0 Å². The maximum absolute atomic E-state index is 11.7. The molecule has 8 nitrogen and oxygen atoms in total. The molecule has 0 saturated heterocycles. The highest BCUT2D eigenvalue weighted by atomic mass is 32.1. The van der Waals surface area contributed by atoms with Crippen LogP contribution in [-0.2, 0) is 9.47 Å². The molecule has 20 heavy (non-hydrogen) atoms. The molecule has 1 heterocycles. The van der Waals surface area contributed by atoms with E-state index in [1.165, 1.54) is 12.1 Å². The van der Waals surface area contributed by atoms with E-state index in [9.17, 15) is 19.8 Å². The first-order valence-electron chi connectivity index (χ1n) is 5.27. The van der Waals surface area contributed by atoms with Gasteiger partial charge < -0.3 is 19.7 Å². The molecule has 2 aromatic rings. The zero-order chi connectivity index (χ0) is 14.9. The number of aromatic nitrogens is 1. The molecule has 0 aliphatic heterocycles. The largest absolute Gasteiger partial charge is 0.504 e. The second-order valence-electron chi connectivity index (χ2n) is 3.59. The highest BCUT2D eigenvalue weighted by molar-refractivity contribution is 7.12. The van der Waals surface area contributed by atoms with Crippen LogP contribution in [-0.4, -0.2) is 41.0 Å². The SMILES string of the molecule is COC(=O)N(C(=O)OC)c1snc2ccc(O)c(O)c12. The number of anilines is 1.